The third kappa shape index (κ3) is 2.54. The van der Waals surface area contributed by atoms with Crippen molar-refractivity contribution in [3.8, 4) is 5.75 Å². The Morgan fingerprint density at radius 3 is 2.50 bits per heavy atom. The Balaban J connectivity index is 2.24. The number of fused-ring (bicyclic) bond motifs is 1. The third-order valence-corrected chi connectivity index (χ3v) is 3.28. The van der Waals surface area contributed by atoms with Gasteiger partial charge in [-0.05, 0) is 48.4 Å². The number of hydrogen-bond acceptors (Lipinski definition) is 3. The highest BCUT2D eigenvalue weighted by molar-refractivity contribution is 5.42. The Hall–Kier alpha value is -1.06. The molecule has 16 heavy (non-hydrogen) atoms. The van der Waals surface area contributed by atoms with Crippen molar-refractivity contribution in [3.63, 3.8) is 0 Å². The zero-order valence-electron chi connectivity index (χ0n) is 9.54. The average Bonchev–Trinajstić information content (AvgIpc) is 2.50. The minimum atomic E-state index is 0.387. The summed E-state index contributed by atoms with van der Waals surface area (Å²) in [6, 6.07) is 4.04. The summed E-state index contributed by atoms with van der Waals surface area (Å²) < 4.78 is 0. The highest BCUT2D eigenvalue weighted by atomic mass is 16.6. The summed E-state index contributed by atoms with van der Waals surface area (Å²) in [6.45, 7) is 0.451. The van der Waals surface area contributed by atoms with Gasteiger partial charge < -0.3 is 9.94 Å². The zero-order chi connectivity index (χ0) is 11.4. The fourth-order valence-electron chi connectivity index (χ4n) is 2.37. The molecule has 1 aliphatic rings. The van der Waals surface area contributed by atoms with E-state index in [9.17, 15) is 5.11 Å². The predicted octanol–water partition coefficient (Wildman–Crippen LogP) is 2.09. The summed E-state index contributed by atoms with van der Waals surface area (Å²) in [5.41, 5.74) is 3.65. The van der Waals surface area contributed by atoms with Crippen LogP contribution in [0, 0.1) is 0 Å². The van der Waals surface area contributed by atoms with Crippen LogP contribution in [0.3, 0.4) is 0 Å². The smallest absolute Gasteiger partial charge is 0.119 e. The molecule has 0 spiro atoms. The number of aromatic hydroxyl groups is 1. The molecule has 1 aliphatic carbocycles. The number of rotatable bonds is 3. The summed E-state index contributed by atoms with van der Waals surface area (Å²) in [5, 5.41) is 9.89. The first-order valence-electron chi connectivity index (χ1n) is 5.96. The molecule has 0 amide bonds. The molecule has 3 nitrogen and oxygen atoms in total. The Bertz CT molecular complexity index is 363. The second kappa shape index (κ2) is 5.32. The van der Waals surface area contributed by atoms with Gasteiger partial charge in [-0.1, -0.05) is 12.5 Å². The van der Waals surface area contributed by atoms with Crippen molar-refractivity contribution in [3.05, 3.63) is 28.8 Å². The minimum Gasteiger partial charge on any atom is -0.508 e. The van der Waals surface area contributed by atoms with Gasteiger partial charge in [-0.3, -0.25) is 0 Å². The minimum absolute atomic E-state index is 0.387. The lowest BCUT2D eigenvalue weighted by Crippen LogP contribution is -2.05. The number of hydrogen-bond donors (Lipinski definition) is 2. The van der Waals surface area contributed by atoms with Gasteiger partial charge in [-0.2, -0.15) is 0 Å². The molecule has 0 saturated carbocycles. The van der Waals surface area contributed by atoms with E-state index in [2.05, 4.69) is 10.9 Å². The van der Waals surface area contributed by atoms with Gasteiger partial charge in [0.25, 0.3) is 0 Å². The standard InChI is InChI=1S/C13H19NO2/c14-16-7-6-12-8-10-4-2-1-3-5-11(10)9-13(12)15/h8-9,15H,1-7,14H2. The molecular formula is C13H19NO2. The summed E-state index contributed by atoms with van der Waals surface area (Å²) >= 11 is 0. The molecule has 2 rings (SSSR count). The van der Waals surface area contributed by atoms with E-state index >= 15 is 0 Å². The largest absolute Gasteiger partial charge is 0.508 e. The van der Waals surface area contributed by atoms with Gasteiger partial charge in [-0.15, -0.1) is 0 Å². The molecule has 3 N–H and O–H groups in total. The second-order valence-electron chi connectivity index (χ2n) is 4.43. The molecule has 0 aliphatic heterocycles. The van der Waals surface area contributed by atoms with E-state index in [0.717, 1.165) is 18.4 Å². The molecule has 0 aromatic heterocycles. The van der Waals surface area contributed by atoms with Crippen molar-refractivity contribution in [1.29, 1.82) is 0 Å². The van der Waals surface area contributed by atoms with Crippen LogP contribution in [-0.2, 0) is 24.1 Å². The van der Waals surface area contributed by atoms with Gasteiger partial charge in [-0.25, -0.2) is 5.90 Å². The highest BCUT2D eigenvalue weighted by Gasteiger charge is 2.11. The lowest BCUT2D eigenvalue weighted by molar-refractivity contribution is 0.140. The summed E-state index contributed by atoms with van der Waals surface area (Å²) in [7, 11) is 0. The van der Waals surface area contributed by atoms with Crippen molar-refractivity contribution in [2.45, 2.75) is 38.5 Å². The molecule has 3 heteroatoms. The Morgan fingerprint density at radius 1 is 1.12 bits per heavy atom. The van der Waals surface area contributed by atoms with Crippen LogP contribution in [0.15, 0.2) is 12.1 Å². The maximum Gasteiger partial charge on any atom is 0.119 e. The van der Waals surface area contributed by atoms with Crippen LogP contribution in [0.2, 0.25) is 0 Å². The fraction of sp³-hybridized carbons (Fsp3) is 0.538. The molecule has 1 aromatic rings. The Kier molecular flexibility index (Phi) is 3.80. The molecule has 1 aromatic carbocycles. The lowest BCUT2D eigenvalue weighted by Gasteiger charge is -2.11. The van der Waals surface area contributed by atoms with E-state index in [1.54, 1.807) is 0 Å². The summed E-state index contributed by atoms with van der Waals surface area (Å²) in [6.07, 6.45) is 6.68. The predicted molar refractivity (Wildman–Crippen MR) is 63.2 cm³/mol. The number of phenols is 1. The van der Waals surface area contributed by atoms with Crippen LogP contribution >= 0.6 is 0 Å². The third-order valence-electron chi connectivity index (χ3n) is 3.28. The van der Waals surface area contributed by atoms with Crippen LogP contribution in [0.1, 0.15) is 36.0 Å². The maximum absolute atomic E-state index is 9.89. The van der Waals surface area contributed by atoms with Crippen molar-refractivity contribution < 1.29 is 9.94 Å². The molecule has 0 heterocycles. The van der Waals surface area contributed by atoms with Crippen LogP contribution in [0.25, 0.3) is 0 Å². The normalized spacial score (nSPS) is 15.6. The molecule has 0 fully saturated rings. The summed E-state index contributed by atoms with van der Waals surface area (Å²) in [5.74, 6) is 5.39. The van der Waals surface area contributed by atoms with Gasteiger partial charge >= 0.3 is 0 Å². The van der Waals surface area contributed by atoms with E-state index in [-0.39, 0.29) is 0 Å². The van der Waals surface area contributed by atoms with Crippen molar-refractivity contribution >= 4 is 0 Å². The SMILES string of the molecule is NOCCc1cc2c(cc1O)CCCCC2. The first-order chi connectivity index (χ1) is 7.81. The van der Waals surface area contributed by atoms with Gasteiger partial charge in [0.1, 0.15) is 5.75 Å². The van der Waals surface area contributed by atoms with Crippen molar-refractivity contribution in [2.24, 2.45) is 5.90 Å². The van der Waals surface area contributed by atoms with Crippen LogP contribution < -0.4 is 5.90 Å². The first-order valence-corrected chi connectivity index (χ1v) is 5.96. The van der Waals surface area contributed by atoms with Crippen molar-refractivity contribution in [1.82, 2.24) is 0 Å². The van der Waals surface area contributed by atoms with Crippen LogP contribution in [0.5, 0.6) is 5.75 Å². The topological polar surface area (TPSA) is 55.5 Å². The van der Waals surface area contributed by atoms with E-state index < -0.39 is 0 Å². The second-order valence-corrected chi connectivity index (χ2v) is 4.43. The lowest BCUT2D eigenvalue weighted by atomic mass is 9.98. The van der Waals surface area contributed by atoms with Crippen LogP contribution in [0.4, 0.5) is 0 Å². The van der Waals surface area contributed by atoms with E-state index in [1.165, 1.54) is 30.4 Å². The van der Waals surface area contributed by atoms with Gasteiger partial charge in [0.05, 0.1) is 6.61 Å². The Morgan fingerprint density at radius 2 is 1.81 bits per heavy atom. The van der Waals surface area contributed by atoms with Crippen molar-refractivity contribution in [2.75, 3.05) is 6.61 Å². The summed E-state index contributed by atoms with van der Waals surface area (Å²) in [4.78, 5) is 4.56. The Labute approximate surface area is 96.2 Å². The average molecular weight is 221 g/mol. The molecule has 88 valence electrons. The van der Waals surface area contributed by atoms with Gasteiger partial charge in [0.2, 0.25) is 0 Å². The fourth-order valence-corrected chi connectivity index (χ4v) is 2.37. The number of nitrogens with two attached hydrogens (primary N) is 1. The van der Waals surface area contributed by atoms with E-state index in [1.807, 2.05) is 6.07 Å². The number of phenolic OH excluding ortho intramolecular Hbond substituents is 1. The van der Waals surface area contributed by atoms with Gasteiger partial charge in [0.15, 0.2) is 0 Å². The maximum atomic E-state index is 9.89. The molecule has 0 atom stereocenters. The highest BCUT2D eigenvalue weighted by Crippen LogP contribution is 2.28. The van der Waals surface area contributed by atoms with E-state index in [4.69, 9.17) is 5.90 Å². The quantitative estimate of drug-likeness (QED) is 0.607. The molecule has 0 bridgehead atoms. The van der Waals surface area contributed by atoms with E-state index in [0.29, 0.717) is 18.8 Å². The van der Waals surface area contributed by atoms with Crippen LogP contribution in [-0.4, -0.2) is 11.7 Å². The monoisotopic (exact) mass is 221 g/mol. The zero-order valence-corrected chi connectivity index (χ0v) is 9.54. The molecule has 0 saturated heterocycles. The molecular weight excluding hydrogens is 202 g/mol. The number of aryl methyl sites for hydroxylation is 2. The molecule has 0 unspecified atom stereocenters. The first kappa shape index (κ1) is 11.4. The molecule has 0 radical (unpaired) electrons. The number of benzene rings is 1. The van der Waals surface area contributed by atoms with Gasteiger partial charge in [0, 0.05) is 6.42 Å².